The fourth-order valence-corrected chi connectivity index (χ4v) is 10.6. The predicted octanol–water partition coefficient (Wildman–Crippen LogP) is 0.0906. The fourth-order valence-electron chi connectivity index (χ4n) is 10.1. The van der Waals surface area contributed by atoms with Gasteiger partial charge in [0.15, 0.2) is 12.4 Å². The van der Waals surface area contributed by atoms with E-state index < -0.39 is 58.6 Å². The first-order valence-corrected chi connectivity index (χ1v) is 16.4. The monoisotopic (exact) mass is 636 g/mol. The molecule has 1 unspecified atom stereocenters. The van der Waals surface area contributed by atoms with Gasteiger partial charge in [-0.15, -0.1) is 0 Å². The van der Waals surface area contributed by atoms with E-state index in [4.69, 9.17) is 9.47 Å². The molecule has 4 aliphatic carbocycles. The largest absolute Gasteiger partial charge is 1.00 e. The number of carbonyl (C=O) groups is 2. The Hall–Kier alpha value is -0.410. The van der Waals surface area contributed by atoms with E-state index in [1.54, 1.807) is 6.92 Å². The molecule has 0 aromatic rings. The van der Waals surface area contributed by atoms with Gasteiger partial charge in [0.05, 0.1) is 6.10 Å². The van der Waals surface area contributed by atoms with Gasteiger partial charge < -0.3 is 29.3 Å². The van der Waals surface area contributed by atoms with Gasteiger partial charge in [-0.2, -0.15) is 0 Å². The summed E-state index contributed by atoms with van der Waals surface area (Å²) in [6.45, 7) is 12.9. The SMILES string of the molecule is CC(=O)[C@H]1CC[C@@]2(C)C3=C(CC[C@]12C)[C@@]1(C)CCC(O[C@@H]2O[C@H](C(=O)O)[C@@H](O)[C@H](OS(=O)(=O)[O-])[C@H]2O)C(C)(C)[C@@H]1CC3.[Na+]. The molecule has 11 atom stereocenters. The van der Waals surface area contributed by atoms with E-state index in [0.717, 1.165) is 44.9 Å². The number of hydrogen-bond acceptors (Lipinski definition) is 10. The summed E-state index contributed by atoms with van der Waals surface area (Å²) in [6.07, 6.45) is -3.14. The summed E-state index contributed by atoms with van der Waals surface area (Å²) >= 11 is 0. The van der Waals surface area contributed by atoms with Crippen LogP contribution < -0.4 is 29.6 Å². The summed E-state index contributed by atoms with van der Waals surface area (Å²) in [5.74, 6) is -1.05. The summed E-state index contributed by atoms with van der Waals surface area (Å²) in [5.41, 5.74) is 2.40. The molecule has 5 rings (SSSR count). The van der Waals surface area contributed by atoms with Gasteiger partial charge in [0.2, 0.25) is 10.4 Å². The zero-order valence-corrected chi connectivity index (χ0v) is 29.1. The van der Waals surface area contributed by atoms with Gasteiger partial charge in [-0.3, -0.25) is 8.98 Å². The molecular weight excluding hydrogens is 591 g/mol. The maximum atomic E-state index is 12.6. The summed E-state index contributed by atoms with van der Waals surface area (Å²) < 4.78 is 49.9. The Morgan fingerprint density at radius 1 is 0.953 bits per heavy atom. The zero-order chi connectivity index (χ0) is 31.2. The van der Waals surface area contributed by atoms with Gasteiger partial charge >= 0.3 is 35.5 Å². The number of hydrogen-bond donors (Lipinski definition) is 3. The number of Topliss-reactive ketones (excluding diaryl/α,β-unsaturated/α-hetero) is 1. The number of carbonyl (C=O) groups excluding carboxylic acids is 1. The van der Waals surface area contributed by atoms with Crippen molar-refractivity contribution in [1.82, 2.24) is 0 Å². The number of rotatable bonds is 6. The minimum atomic E-state index is -5.38. The standard InChI is InChI=1S/C30H46O11S.Na/c1-15(31)16-9-13-30(6)18-7-8-19-27(2,3)20(11-12-28(19,4)17(18)10-14-29(16,30)5)39-26-22(33)23(41-42(36,37)38)21(32)24(40-26)25(34)35;/h16,19-24,26,32-33H,7-14H2,1-6H3,(H,34,35)(H,36,37,38);/q;+1/p-1/t16-,19+,20?,21+,22-,23+,24+,26-,28-,29-,30+;/m1./s1. The molecule has 11 nitrogen and oxygen atoms in total. The third-order valence-electron chi connectivity index (χ3n) is 12.5. The number of carboxylic acid groups (broad SMARTS) is 1. The molecule has 3 N–H and O–H groups in total. The number of aliphatic hydroxyl groups excluding tert-OH is 2. The van der Waals surface area contributed by atoms with Crippen LogP contribution >= 0.6 is 0 Å². The number of aliphatic hydroxyl groups is 2. The predicted molar refractivity (Wildman–Crippen MR) is 147 cm³/mol. The molecule has 1 aliphatic heterocycles. The molecule has 43 heavy (non-hydrogen) atoms. The van der Waals surface area contributed by atoms with Crippen LogP contribution in [0.4, 0.5) is 0 Å². The molecule has 0 radical (unpaired) electrons. The van der Waals surface area contributed by atoms with E-state index in [1.165, 1.54) is 11.1 Å². The van der Waals surface area contributed by atoms with Crippen LogP contribution in [0.2, 0.25) is 0 Å². The molecule has 238 valence electrons. The smallest absolute Gasteiger partial charge is 0.726 e. The number of allylic oxidation sites excluding steroid dienone is 2. The molecule has 1 heterocycles. The van der Waals surface area contributed by atoms with Crippen LogP contribution in [0.1, 0.15) is 92.9 Å². The van der Waals surface area contributed by atoms with Crippen molar-refractivity contribution in [2.45, 2.75) is 130 Å². The molecule has 0 amide bonds. The van der Waals surface area contributed by atoms with E-state index in [1.807, 2.05) is 0 Å². The van der Waals surface area contributed by atoms with E-state index >= 15 is 0 Å². The van der Waals surface area contributed by atoms with Gasteiger partial charge in [0.1, 0.15) is 24.1 Å². The minimum absolute atomic E-state index is 0. The molecule has 0 aromatic heterocycles. The van der Waals surface area contributed by atoms with E-state index in [9.17, 15) is 37.9 Å². The third kappa shape index (κ3) is 5.53. The van der Waals surface area contributed by atoms with Crippen LogP contribution in [0, 0.1) is 33.5 Å². The van der Waals surface area contributed by atoms with Crippen LogP contribution in [0.15, 0.2) is 11.1 Å². The molecule has 0 aromatic carbocycles. The molecular formula is C30H45NaO11S. The van der Waals surface area contributed by atoms with Gasteiger partial charge in [0, 0.05) is 5.92 Å². The Morgan fingerprint density at radius 2 is 1.60 bits per heavy atom. The fraction of sp³-hybridized carbons (Fsp3) is 0.867. The van der Waals surface area contributed by atoms with Crippen molar-refractivity contribution in [2.75, 3.05) is 0 Å². The van der Waals surface area contributed by atoms with Crippen molar-refractivity contribution >= 4 is 22.2 Å². The number of ether oxygens (including phenoxy) is 2. The quantitative estimate of drug-likeness (QED) is 0.156. The van der Waals surface area contributed by atoms with Gasteiger partial charge in [-0.25, -0.2) is 13.2 Å². The Morgan fingerprint density at radius 3 is 2.19 bits per heavy atom. The summed E-state index contributed by atoms with van der Waals surface area (Å²) in [7, 11) is -5.38. The van der Waals surface area contributed by atoms with Crippen LogP contribution in [-0.4, -0.2) is 76.9 Å². The van der Waals surface area contributed by atoms with Crippen molar-refractivity contribution in [3.63, 3.8) is 0 Å². The van der Waals surface area contributed by atoms with E-state index in [0.29, 0.717) is 6.42 Å². The van der Waals surface area contributed by atoms with Crippen LogP contribution in [0.25, 0.3) is 0 Å². The van der Waals surface area contributed by atoms with Crippen molar-refractivity contribution < 1.29 is 81.1 Å². The van der Waals surface area contributed by atoms with Gasteiger partial charge in [0.25, 0.3) is 0 Å². The second kappa shape index (κ2) is 11.7. The number of carboxylic acids is 1. The molecule has 1 saturated heterocycles. The minimum Gasteiger partial charge on any atom is -0.726 e. The Labute approximate surface area is 276 Å². The molecule has 2 saturated carbocycles. The molecule has 3 fully saturated rings. The van der Waals surface area contributed by atoms with Crippen LogP contribution in [-0.2, 0) is 33.6 Å². The first kappa shape index (κ1) is 35.4. The topological polar surface area (TPSA) is 180 Å². The van der Waals surface area contributed by atoms with Crippen molar-refractivity contribution in [2.24, 2.45) is 33.5 Å². The second-order valence-corrected chi connectivity index (χ2v) is 15.6. The normalized spacial score (nSPS) is 45.8. The average Bonchev–Trinajstić information content (AvgIpc) is 3.15. The summed E-state index contributed by atoms with van der Waals surface area (Å²) in [4.78, 5) is 24.4. The zero-order valence-electron chi connectivity index (χ0n) is 26.3. The maximum Gasteiger partial charge on any atom is 1.00 e. The number of aliphatic carboxylic acids is 1. The summed E-state index contributed by atoms with van der Waals surface area (Å²) in [6, 6.07) is 0. The average molecular weight is 637 g/mol. The number of fused-ring (bicyclic) bond motifs is 4. The van der Waals surface area contributed by atoms with Crippen molar-refractivity contribution in [1.29, 1.82) is 0 Å². The molecule has 13 heteroatoms. The van der Waals surface area contributed by atoms with Gasteiger partial charge in [-0.1, -0.05) is 45.8 Å². The van der Waals surface area contributed by atoms with Crippen LogP contribution in [0.3, 0.4) is 0 Å². The first-order chi connectivity index (χ1) is 19.3. The Bertz CT molecular complexity index is 1280. The molecule has 5 aliphatic rings. The third-order valence-corrected chi connectivity index (χ3v) is 12.9. The van der Waals surface area contributed by atoms with Gasteiger partial charge in [-0.05, 0) is 85.9 Å². The van der Waals surface area contributed by atoms with E-state index in [-0.39, 0.29) is 63.4 Å². The molecule has 0 spiro atoms. The Kier molecular flexibility index (Phi) is 9.63. The Balaban J connectivity index is 0.00000423. The molecule has 0 bridgehead atoms. The second-order valence-electron chi connectivity index (χ2n) is 14.6. The maximum absolute atomic E-state index is 12.6. The van der Waals surface area contributed by atoms with Crippen molar-refractivity contribution in [3.05, 3.63) is 11.1 Å². The van der Waals surface area contributed by atoms with E-state index in [2.05, 4.69) is 38.8 Å². The number of ketones is 1. The first-order valence-electron chi connectivity index (χ1n) is 15.1. The summed E-state index contributed by atoms with van der Waals surface area (Å²) in [5, 5.41) is 30.7. The van der Waals surface area contributed by atoms with Crippen LogP contribution in [0.5, 0.6) is 0 Å². The van der Waals surface area contributed by atoms with Crippen molar-refractivity contribution in [3.8, 4) is 0 Å².